The van der Waals surface area contributed by atoms with E-state index in [1.807, 2.05) is 24.3 Å². The first-order valence-electron chi connectivity index (χ1n) is 8.42. The molecule has 0 spiro atoms. The van der Waals surface area contributed by atoms with E-state index in [0.29, 0.717) is 37.4 Å². The van der Waals surface area contributed by atoms with Crippen LogP contribution in [0.3, 0.4) is 0 Å². The van der Waals surface area contributed by atoms with E-state index >= 15 is 0 Å². The Labute approximate surface area is 147 Å². The Morgan fingerprint density at radius 2 is 2.12 bits per heavy atom. The summed E-state index contributed by atoms with van der Waals surface area (Å²) in [4.78, 5) is 29.0. The van der Waals surface area contributed by atoms with Crippen LogP contribution >= 0.6 is 0 Å². The maximum atomic E-state index is 12.3. The number of rotatable bonds is 5. The van der Waals surface area contributed by atoms with Crippen molar-refractivity contribution in [3.63, 3.8) is 0 Å². The van der Waals surface area contributed by atoms with E-state index in [9.17, 15) is 9.59 Å². The molecule has 0 fully saturated rings. The number of H-pyrrole nitrogens is 1. The van der Waals surface area contributed by atoms with Crippen LogP contribution in [0.15, 0.2) is 30.3 Å². The molecular formula is C19H23N3O3. The van der Waals surface area contributed by atoms with Crippen molar-refractivity contribution in [1.29, 1.82) is 0 Å². The summed E-state index contributed by atoms with van der Waals surface area (Å²) in [5.74, 6) is -0.139. The molecule has 1 aromatic carbocycles. The van der Waals surface area contributed by atoms with Crippen LogP contribution in [0.1, 0.15) is 37.7 Å². The van der Waals surface area contributed by atoms with Gasteiger partial charge in [0.1, 0.15) is 5.69 Å². The lowest BCUT2D eigenvalue weighted by molar-refractivity contribution is 0.0827. The molecule has 1 aliphatic rings. The third-order valence-corrected chi connectivity index (χ3v) is 4.27. The van der Waals surface area contributed by atoms with Gasteiger partial charge in [0.2, 0.25) is 0 Å². The number of nitrogens with one attached hydrogen (secondary N) is 2. The van der Waals surface area contributed by atoms with E-state index < -0.39 is 0 Å². The lowest BCUT2D eigenvalue weighted by Gasteiger charge is -2.11. The molecule has 0 atom stereocenters. The highest BCUT2D eigenvalue weighted by Gasteiger charge is 2.16. The first-order valence-corrected chi connectivity index (χ1v) is 8.42. The van der Waals surface area contributed by atoms with Crippen molar-refractivity contribution >= 4 is 11.8 Å². The number of hydrogen-bond donors (Lipinski definition) is 2. The number of carbonyl (C=O) groups is 2. The van der Waals surface area contributed by atoms with Gasteiger partial charge < -0.3 is 19.9 Å². The van der Waals surface area contributed by atoms with Crippen molar-refractivity contribution < 1.29 is 14.3 Å². The van der Waals surface area contributed by atoms with Gasteiger partial charge in [0.15, 0.2) is 0 Å². The van der Waals surface area contributed by atoms with Crippen molar-refractivity contribution in [2.24, 2.45) is 0 Å². The number of benzene rings is 1. The molecule has 0 unspecified atom stereocenters. The lowest BCUT2D eigenvalue weighted by atomic mass is 10.1. The summed E-state index contributed by atoms with van der Waals surface area (Å²) in [5.41, 5.74) is 4.41. The van der Waals surface area contributed by atoms with Crippen molar-refractivity contribution in [3.8, 4) is 0 Å². The predicted molar refractivity (Wildman–Crippen MR) is 94.6 cm³/mol. The fourth-order valence-electron chi connectivity index (χ4n) is 2.90. The van der Waals surface area contributed by atoms with Gasteiger partial charge in [0.25, 0.3) is 11.8 Å². The smallest absolute Gasteiger partial charge is 0.267 e. The quantitative estimate of drug-likeness (QED) is 0.870. The van der Waals surface area contributed by atoms with E-state index in [-0.39, 0.29) is 11.8 Å². The molecule has 6 heteroatoms. The van der Waals surface area contributed by atoms with Crippen molar-refractivity contribution in [3.05, 3.63) is 58.4 Å². The summed E-state index contributed by atoms with van der Waals surface area (Å²) in [5, 5.41) is 2.92. The van der Waals surface area contributed by atoms with Gasteiger partial charge >= 0.3 is 0 Å². The highest BCUT2D eigenvalue weighted by Crippen LogP contribution is 2.17. The summed E-state index contributed by atoms with van der Waals surface area (Å²) < 4.78 is 5.39. The third-order valence-electron chi connectivity index (χ3n) is 4.27. The minimum Gasteiger partial charge on any atom is -0.376 e. The van der Waals surface area contributed by atoms with Gasteiger partial charge in [-0.15, -0.1) is 0 Å². The highest BCUT2D eigenvalue weighted by molar-refractivity contribution is 5.94. The van der Waals surface area contributed by atoms with E-state index in [1.54, 1.807) is 25.1 Å². The first-order chi connectivity index (χ1) is 12.0. The van der Waals surface area contributed by atoms with E-state index in [4.69, 9.17) is 4.74 Å². The maximum absolute atomic E-state index is 12.3. The fourth-order valence-corrected chi connectivity index (χ4v) is 2.90. The Kier molecular flexibility index (Phi) is 5.19. The van der Waals surface area contributed by atoms with Crippen LogP contribution < -0.4 is 5.32 Å². The molecule has 0 radical (unpaired) electrons. The molecule has 0 saturated heterocycles. The number of aromatic nitrogens is 1. The van der Waals surface area contributed by atoms with Gasteiger partial charge in [-0.05, 0) is 35.7 Å². The van der Waals surface area contributed by atoms with Gasteiger partial charge in [0.05, 0.1) is 13.2 Å². The minimum absolute atomic E-state index is 0.0231. The predicted octanol–water partition coefficient (Wildman–Crippen LogP) is 1.76. The monoisotopic (exact) mass is 341 g/mol. The molecule has 3 rings (SSSR count). The van der Waals surface area contributed by atoms with Gasteiger partial charge in [-0.2, -0.15) is 0 Å². The van der Waals surface area contributed by atoms with Gasteiger partial charge in [0, 0.05) is 38.3 Å². The second kappa shape index (κ2) is 7.53. The Morgan fingerprint density at radius 3 is 2.88 bits per heavy atom. The van der Waals surface area contributed by atoms with Gasteiger partial charge in [-0.1, -0.05) is 12.1 Å². The van der Waals surface area contributed by atoms with Crippen LogP contribution in [-0.2, 0) is 24.2 Å². The third kappa shape index (κ3) is 4.09. The lowest BCUT2D eigenvalue weighted by Crippen LogP contribution is -2.26. The number of ether oxygens (including phenoxy) is 1. The topological polar surface area (TPSA) is 74.4 Å². The summed E-state index contributed by atoms with van der Waals surface area (Å²) in [6.07, 6.45) is 1.49. The van der Waals surface area contributed by atoms with Crippen LogP contribution in [0, 0.1) is 0 Å². The molecule has 25 heavy (non-hydrogen) atoms. The zero-order chi connectivity index (χ0) is 17.8. The number of carbonyl (C=O) groups excluding carboxylic acids is 2. The van der Waals surface area contributed by atoms with E-state index in [0.717, 1.165) is 23.2 Å². The molecule has 0 bridgehead atoms. The van der Waals surface area contributed by atoms with Crippen molar-refractivity contribution in [2.75, 3.05) is 27.2 Å². The average Bonchev–Trinajstić information content (AvgIpc) is 3.05. The van der Waals surface area contributed by atoms with Crippen molar-refractivity contribution in [2.45, 2.75) is 19.4 Å². The number of nitrogens with zero attached hydrogens (tertiary/aromatic N) is 1. The second-order valence-corrected chi connectivity index (χ2v) is 6.40. The minimum atomic E-state index is -0.116. The number of hydrogen-bond acceptors (Lipinski definition) is 3. The van der Waals surface area contributed by atoms with Gasteiger partial charge in [-0.3, -0.25) is 9.59 Å². The number of aromatic amines is 1. The molecule has 1 aromatic heterocycles. The molecule has 2 amide bonds. The van der Waals surface area contributed by atoms with Crippen LogP contribution in [0.25, 0.3) is 0 Å². The zero-order valence-corrected chi connectivity index (χ0v) is 14.6. The number of fused-ring (bicyclic) bond motifs is 1. The summed E-state index contributed by atoms with van der Waals surface area (Å²) >= 11 is 0. The summed E-state index contributed by atoms with van der Waals surface area (Å²) in [7, 11) is 3.46. The van der Waals surface area contributed by atoms with Crippen molar-refractivity contribution in [1.82, 2.24) is 15.2 Å². The molecule has 2 N–H and O–H groups in total. The molecule has 2 aromatic rings. The number of amides is 2. The largest absolute Gasteiger partial charge is 0.376 e. The Hall–Kier alpha value is -2.60. The molecule has 1 aliphatic heterocycles. The molecular weight excluding hydrogens is 318 g/mol. The molecule has 0 saturated carbocycles. The molecule has 132 valence electrons. The summed E-state index contributed by atoms with van der Waals surface area (Å²) in [6.45, 7) is 1.76. The van der Waals surface area contributed by atoms with Crippen LogP contribution in [0.5, 0.6) is 0 Å². The highest BCUT2D eigenvalue weighted by atomic mass is 16.5. The molecule has 2 heterocycles. The van der Waals surface area contributed by atoms with Crippen LogP contribution in [0.2, 0.25) is 0 Å². The Morgan fingerprint density at radius 1 is 1.28 bits per heavy atom. The van der Waals surface area contributed by atoms with Crippen LogP contribution in [0.4, 0.5) is 0 Å². The molecule has 0 aliphatic carbocycles. The SMILES string of the molecule is CN(C)C(=O)c1cccc(CCNC(=O)c2cc3c([nH]2)CCOC3)c1. The van der Waals surface area contributed by atoms with E-state index in [1.165, 1.54) is 0 Å². The summed E-state index contributed by atoms with van der Waals surface area (Å²) in [6, 6.07) is 9.37. The van der Waals surface area contributed by atoms with Gasteiger partial charge in [-0.25, -0.2) is 0 Å². The Bertz CT molecular complexity index is 756. The fraction of sp³-hybridized carbons (Fsp3) is 0.368. The standard InChI is InChI=1S/C19H23N3O3/c1-22(2)19(24)14-5-3-4-13(10-14)6-8-20-18(23)17-11-15-12-25-9-7-16(15)21-17/h3-5,10-11,21H,6-9,12H2,1-2H3,(H,20,23). The average molecular weight is 341 g/mol. The Balaban J connectivity index is 1.56. The van der Waals surface area contributed by atoms with E-state index in [2.05, 4.69) is 10.3 Å². The normalized spacial score (nSPS) is 13.2. The zero-order valence-electron chi connectivity index (χ0n) is 14.6. The maximum Gasteiger partial charge on any atom is 0.267 e. The molecule has 6 nitrogen and oxygen atoms in total. The second-order valence-electron chi connectivity index (χ2n) is 6.40. The van der Waals surface area contributed by atoms with Crippen LogP contribution in [-0.4, -0.2) is 48.9 Å². The first kappa shape index (κ1) is 17.2.